The second kappa shape index (κ2) is 20.3. The number of allylic oxidation sites excluding steroid dienone is 11. The minimum atomic E-state index is -0.714. The molecule has 4 nitrogen and oxygen atoms in total. The highest BCUT2D eigenvalue weighted by Crippen LogP contribution is 2.70. The zero-order valence-electron chi connectivity index (χ0n) is 51.9. The van der Waals surface area contributed by atoms with Gasteiger partial charge in [-0.25, -0.2) is 0 Å². The van der Waals surface area contributed by atoms with E-state index < -0.39 is 5.41 Å². The molecule has 8 aromatic carbocycles. The van der Waals surface area contributed by atoms with Gasteiger partial charge in [0.25, 0.3) is 0 Å². The summed E-state index contributed by atoms with van der Waals surface area (Å²) >= 11 is 0. The summed E-state index contributed by atoms with van der Waals surface area (Å²) in [6.45, 7) is 5.12. The van der Waals surface area contributed by atoms with E-state index in [4.69, 9.17) is 9.15 Å². The van der Waals surface area contributed by atoms with Gasteiger partial charge < -0.3 is 19.0 Å². The van der Waals surface area contributed by atoms with Crippen molar-refractivity contribution in [1.82, 2.24) is 0 Å². The van der Waals surface area contributed by atoms with Crippen LogP contribution in [0.4, 0.5) is 22.7 Å². The number of ether oxygens (including phenoxy) is 1. The van der Waals surface area contributed by atoms with Crippen molar-refractivity contribution < 1.29 is 9.15 Å². The minimum absolute atomic E-state index is 0.141. The summed E-state index contributed by atoms with van der Waals surface area (Å²) in [6.07, 6.45) is 43.5. The number of furan rings is 1. The van der Waals surface area contributed by atoms with Crippen LogP contribution in [0.15, 0.2) is 251 Å². The molecule has 90 heavy (non-hydrogen) atoms. The van der Waals surface area contributed by atoms with Crippen LogP contribution in [0, 0.1) is 17.8 Å². The Labute approximate surface area is 529 Å². The van der Waals surface area contributed by atoms with Gasteiger partial charge in [0.05, 0.1) is 22.5 Å². The number of anilines is 4. The fraction of sp³-hybridized carbons (Fsp3) is 0.279. The predicted octanol–water partition coefficient (Wildman–Crippen LogP) is 22.8. The zero-order valence-corrected chi connectivity index (χ0v) is 51.9. The van der Waals surface area contributed by atoms with Gasteiger partial charge in [0.1, 0.15) is 17.4 Å². The Balaban J connectivity index is 0.882. The van der Waals surface area contributed by atoms with Crippen LogP contribution in [0.3, 0.4) is 0 Å². The topological polar surface area (TPSA) is 28.9 Å². The van der Waals surface area contributed by atoms with Crippen molar-refractivity contribution in [2.45, 2.75) is 133 Å². The first-order chi connectivity index (χ1) is 44.4. The molecule has 2 heterocycles. The average Bonchev–Trinajstić information content (AvgIpc) is 1.49. The Morgan fingerprint density at radius 1 is 0.522 bits per heavy atom. The summed E-state index contributed by atoms with van der Waals surface area (Å²) in [7, 11) is 0. The normalized spacial score (nSPS) is 24.0. The van der Waals surface area contributed by atoms with Crippen LogP contribution in [-0.4, -0.2) is 6.10 Å². The maximum Gasteiger partial charge on any atom is 0.159 e. The van der Waals surface area contributed by atoms with E-state index in [9.17, 15) is 0 Å². The molecular weight excluding hydrogens is 1090 g/mol. The van der Waals surface area contributed by atoms with Gasteiger partial charge >= 0.3 is 0 Å². The quantitative estimate of drug-likeness (QED) is 0.152. The molecule has 10 aliphatic rings. The Kier molecular flexibility index (Phi) is 12.0. The maximum absolute atomic E-state index is 7.58. The number of hydrogen-bond acceptors (Lipinski definition) is 4. The summed E-state index contributed by atoms with van der Waals surface area (Å²) in [5.74, 6) is 2.85. The summed E-state index contributed by atoms with van der Waals surface area (Å²) in [4.78, 5) is 5.24. The van der Waals surface area contributed by atoms with Crippen LogP contribution < -0.4 is 9.80 Å². The Bertz CT molecular complexity index is 4790. The first-order valence-corrected chi connectivity index (χ1v) is 34.2. The molecule has 4 heteroatoms. The lowest BCUT2D eigenvalue weighted by atomic mass is 9.69. The highest BCUT2D eigenvalue weighted by Gasteiger charge is 2.58. The number of rotatable bonds is 8. The van der Waals surface area contributed by atoms with Crippen molar-refractivity contribution in [3.8, 4) is 22.3 Å². The van der Waals surface area contributed by atoms with Crippen molar-refractivity contribution in [2.24, 2.45) is 17.8 Å². The summed E-state index contributed by atoms with van der Waals surface area (Å²) in [5.41, 5.74) is 26.0. The van der Waals surface area contributed by atoms with Crippen LogP contribution in [0.25, 0.3) is 55.0 Å². The number of benzene rings is 8. The molecule has 2 saturated carbocycles. The van der Waals surface area contributed by atoms with E-state index in [1.54, 1.807) is 0 Å². The molecule has 0 saturated heterocycles. The first kappa shape index (κ1) is 53.0. The Morgan fingerprint density at radius 3 is 2.13 bits per heavy atom. The Hall–Kier alpha value is -8.86. The zero-order chi connectivity index (χ0) is 59.4. The second-order valence-electron chi connectivity index (χ2n) is 28.2. The summed E-state index contributed by atoms with van der Waals surface area (Å²) in [5, 5.41) is 4.96. The fourth-order valence-electron chi connectivity index (χ4n) is 19.5. The van der Waals surface area contributed by atoms with Crippen molar-refractivity contribution >= 4 is 55.5 Å². The molecule has 9 aromatic rings. The van der Waals surface area contributed by atoms with Gasteiger partial charge in [-0.15, -0.1) is 0 Å². The molecule has 5 unspecified atom stereocenters. The standard InChI is InChI=1S/C86H76N2O2/c1-85(2)69-43-19-17-35-66(69)79-76(88(57-32-13-6-14-33-57)75-46-24-42-65-63-40-22-38-61(82(63)90-84(65)75)54-27-9-4-10-28-54)52-73-78(80(79)85)68-49-48-58(51-72(68)86(73)70-44-20-18-36-67(70)77-59-34-16-15-29-55(59)47-50-71(77)86)87(56-30-11-5-12-31-56)74-45-23-41-64-62-39-21-37-60(81(62)89-83(64)74)53-25-7-3-8-26-53/h5,11-13,15-20,22-24,29-38,40-54,64,66,69,83H,3-4,6-10,14,21,25-28,39H2,1-2H3. The smallest absolute Gasteiger partial charge is 0.159 e. The van der Waals surface area contributed by atoms with E-state index in [0.29, 0.717) is 11.8 Å². The van der Waals surface area contributed by atoms with Crippen LogP contribution in [0.2, 0.25) is 0 Å². The van der Waals surface area contributed by atoms with Gasteiger partial charge in [-0.3, -0.25) is 0 Å². The van der Waals surface area contributed by atoms with Gasteiger partial charge in [-0.1, -0.05) is 222 Å². The van der Waals surface area contributed by atoms with Gasteiger partial charge in [0, 0.05) is 39.7 Å². The van der Waals surface area contributed by atoms with Gasteiger partial charge in [-0.2, -0.15) is 0 Å². The van der Waals surface area contributed by atoms with E-state index in [2.05, 4.69) is 242 Å². The maximum atomic E-state index is 7.58. The van der Waals surface area contributed by atoms with Crippen LogP contribution in [0.5, 0.6) is 0 Å². The highest BCUT2D eigenvalue weighted by molar-refractivity contribution is 6.12. The lowest BCUT2D eigenvalue weighted by Crippen LogP contribution is -2.32. The monoisotopic (exact) mass is 1170 g/mol. The fourth-order valence-corrected chi connectivity index (χ4v) is 19.5. The third-order valence-electron chi connectivity index (χ3n) is 23.4. The lowest BCUT2D eigenvalue weighted by molar-refractivity contribution is 0.153. The number of para-hydroxylation sites is 3. The molecule has 2 fully saturated rings. The molecule has 0 N–H and O–H groups in total. The first-order valence-electron chi connectivity index (χ1n) is 34.2. The second-order valence-corrected chi connectivity index (χ2v) is 28.2. The van der Waals surface area contributed by atoms with E-state index in [1.807, 2.05) is 0 Å². The summed E-state index contributed by atoms with van der Waals surface area (Å²) < 4.78 is 15.1. The third-order valence-corrected chi connectivity index (χ3v) is 23.4. The molecule has 442 valence electrons. The molecule has 1 spiro atoms. The van der Waals surface area contributed by atoms with Gasteiger partial charge in [0.2, 0.25) is 0 Å². The number of hydrogen-bond donors (Lipinski definition) is 0. The Morgan fingerprint density at radius 2 is 1.28 bits per heavy atom. The van der Waals surface area contributed by atoms with E-state index >= 15 is 0 Å². The van der Waals surface area contributed by atoms with Gasteiger partial charge in [0.15, 0.2) is 5.58 Å². The number of fused-ring (bicyclic) bond motifs is 21. The van der Waals surface area contributed by atoms with E-state index in [1.165, 1.54) is 181 Å². The molecule has 0 radical (unpaired) electrons. The minimum Gasteiger partial charge on any atom is -0.483 e. The van der Waals surface area contributed by atoms with Crippen LogP contribution in [-0.2, 0) is 15.6 Å². The van der Waals surface area contributed by atoms with Gasteiger partial charge in [-0.05, 0) is 206 Å². The lowest BCUT2D eigenvalue weighted by Gasteiger charge is -2.36. The largest absolute Gasteiger partial charge is 0.483 e. The predicted molar refractivity (Wildman–Crippen MR) is 371 cm³/mol. The van der Waals surface area contributed by atoms with Crippen LogP contribution >= 0.6 is 0 Å². The van der Waals surface area contributed by atoms with E-state index in [0.717, 1.165) is 53.9 Å². The van der Waals surface area contributed by atoms with Crippen molar-refractivity contribution in [2.75, 3.05) is 9.80 Å². The SMILES string of the molecule is CC1(C)c2c3c(cc(N(C4=CCCC=C4)c4cccc5c4oc4c(C6CCCCC6)cccc45)c2C2C=CC=CC21)C1(c2cc(N(C4=CC=CC5C6=C(OC45)C(C4CCCCC4)=CCC6)c4ccccc4)ccc2-3)c2ccccc2-c2c1ccc1ccccc21. The molecular formula is C86H76N2O2. The van der Waals surface area contributed by atoms with Crippen molar-refractivity contribution in [3.63, 3.8) is 0 Å². The molecule has 1 aromatic heterocycles. The molecule has 19 rings (SSSR count). The third kappa shape index (κ3) is 7.48. The average molecular weight is 1170 g/mol. The number of nitrogens with zero attached hydrogens (tertiary/aromatic N) is 2. The van der Waals surface area contributed by atoms with Crippen molar-refractivity contribution in [3.05, 3.63) is 286 Å². The molecule has 1 aliphatic heterocycles. The van der Waals surface area contributed by atoms with E-state index in [-0.39, 0.29) is 29.3 Å². The molecule has 0 bridgehead atoms. The highest BCUT2D eigenvalue weighted by atomic mass is 16.5. The molecule has 0 amide bonds. The summed E-state index contributed by atoms with van der Waals surface area (Å²) in [6, 6.07) is 59.0. The molecule has 5 atom stereocenters. The van der Waals surface area contributed by atoms with Crippen LogP contribution in [0.1, 0.15) is 155 Å². The van der Waals surface area contributed by atoms with Crippen molar-refractivity contribution in [1.29, 1.82) is 0 Å². The molecule has 9 aliphatic carbocycles.